The summed E-state index contributed by atoms with van der Waals surface area (Å²) >= 11 is 3.95. The normalized spacial score (nSPS) is 25.0. The SMILES string of the molecule is CC(C)C1NNC(C(=O)Nc2ccccc2SC(F)F)C1Br. The molecule has 3 atom stereocenters. The van der Waals surface area contributed by atoms with E-state index in [1.807, 2.05) is 0 Å². The molecule has 1 aliphatic rings. The van der Waals surface area contributed by atoms with Gasteiger partial charge in [0.05, 0.1) is 10.5 Å². The molecule has 4 nitrogen and oxygen atoms in total. The Morgan fingerprint density at radius 1 is 1.32 bits per heavy atom. The minimum absolute atomic E-state index is 0.0811. The zero-order valence-corrected chi connectivity index (χ0v) is 14.5. The molecule has 8 heteroatoms. The van der Waals surface area contributed by atoms with Crippen LogP contribution in [0.1, 0.15) is 13.8 Å². The molecule has 0 saturated carbocycles. The van der Waals surface area contributed by atoms with Gasteiger partial charge in [-0.3, -0.25) is 10.2 Å². The molecule has 1 amide bonds. The van der Waals surface area contributed by atoms with E-state index in [-0.39, 0.29) is 16.8 Å². The van der Waals surface area contributed by atoms with Gasteiger partial charge in [-0.1, -0.05) is 53.7 Å². The number of anilines is 1. The Morgan fingerprint density at radius 2 is 2.00 bits per heavy atom. The second kappa shape index (κ2) is 7.72. The Kier molecular flexibility index (Phi) is 6.19. The molecule has 1 aromatic rings. The first-order valence-corrected chi connectivity index (χ1v) is 8.69. The van der Waals surface area contributed by atoms with E-state index < -0.39 is 11.8 Å². The molecule has 0 aliphatic carbocycles. The predicted molar refractivity (Wildman–Crippen MR) is 88.3 cm³/mol. The first-order valence-electron chi connectivity index (χ1n) is 6.90. The third-order valence-corrected chi connectivity index (χ3v) is 5.32. The summed E-state index contributed by atoms with van der Waals surface area (Å²) in [6.45, 7) is 4.12. The van der Waals surface area contributed by atoms with Crippen molar-refractivity contribution < 1.29 is 13.6 Å². The highest BCUT2D eigenvalue weighted by Gasteiger charge is 2.39. The number of hydrogen-bond acceptors (Lipinski definition) is 4. The largest absolute Gasteiger partial charge is 0.324 e. The Hall–Kier alpha value is -0.700. The number of halogens is 3. The Labute approximate surface area is 140 Å². The van der Waals surface area contributed by atoms with Crippen LogP contribution in [0.5, 0.6) is 0 Å². The highest BCUT2D eigenvalue weighted by atomic mass is 79.9. The number of thioether (sulfide) groups is 1. The monoisotopic (exact) mass is 393 g/mol. The van der Waals surface area contributed by atoms with E-state index in [1.54, 1.807) is 24.3 Å². The lowest BCUT2D eigenvalue weighted by atomic mass is 9.99. The van der Waals surface area contributed by atoms with Gasteiger partial charge in [-0.05, 0) is 18.1 Å². The van der Waals surface area contributed by atoms with Crippen molar-refractivity contribution in [1.82, 2.24) is 10.9 Å². The van der Waals surface area contributed by atoms with Crippen molar-refractivity contribution in [2.45, 2.75) is 41.4 Å². The molecule has 0 aromatic heterocycles. The number of carbonyl (C=O) groups is 1. The van der Waals surface area contributed by atoms with Crippen LogP contribution in [-0.2, 0) is 4.79 Å². The lowest BCUT2D eigenvalue weighted by Crippen LogP contribution is -2.42. The number of para-hydroxylation sites is 1. The summed E-state index contributed by atoms with van der Waals surface area (Å²) < 4.78 is 25.1. The van der Waals surface area contributed by atoms with Crippen LogP contribution in [0.3, 0.4) is 0 Å². The van der Waals surface area contributed by atoms with Crippen LogP contribution in [0, 0.1) is 5.92 Å². The van der Waals surface area contributed by atoms with Crippen LogP contribution < -0.4 is 16.2 Å². The van der Waals surface area contributed by atoms with Crippen molar-refractivity contribution in [1.29, 1.82) is 0 Å². The number of rotatable bonds is 5. The summed E-state index contributed by atoms with van der Waals surface area (Å²) in [4.78, 5) is 12.7. The molecule has 0 spiro atoms. The van der Waals surface area contributed by atoms with E-state index in [0.717, 1.165) is 0 Å². The van der Waals surface area contributed by atoms with E-state index >= 15 is 0 Å². The fourth-order valence-electron chi connectivity index (χ4n) is 2.28. The topological polar surface area (TPSA) is 53.2 Å². The number of carbonyl (C=O) groups excluding carboxylic acids is 1. The van der Waals surface area contributed by atoms with Gasteiger partial charge in [-0.2, -0.15) is 8.78 Å². The summed E-state index contributed by atoms with van der Waals surface area (Å²) in [5.74, 6) is -2.45. The summed E-state index contributed by atoms with van der Waals surface area (Å²) in [7, 11) is 0. The minimum Gasteiger partial charge on any atom is -0.324 e. The minimum atomic E-state index is -2.53. The van der Waals surface area contributed by atoms with Crippen molar-refractivity contribution in [2.24, 2.45) is 5.92 Å². The lowest BCUT2D eigenvalue weighted by molar-refractivity contribution is -0.117. The number of amides is 1. The molecule has 1 aliphatic heterocycles. The standard InChI is InChI=1S/C14H18BrF2N3OS/c1-7(2)11-10(15)12(20-19-11)13(21)18-8-5-3-4-6-9(8)22-14(16)17/h3-7,10-12,14,19-20H,1-2H3,(H,18,21). The summed E-state index contributed by atoms with van der Waals surface area (Å²) in [5.41, 5.74) is 6.44. The van der Waals surface area contributed by atoms with Crippen molar-refractivity contribution in [3.8, 4) is 0 Å². The molecule has 1 heterocycles. The quantitative estimate of drug-likeness (QED) is 0.531. The lowest BCUT2D eigenvalue weighted by Gasteiger charge is -2.19. The van der Waals surface area contributed by atoms with Crippen LogP contribution in [0.4, 0.5) is 14.5 Å². The molecule has 3 N–H and O–H groups in total. The van der Waals surface area contributed by atoms with Gasteiger partial charge in [-0.15, -0.1) is 0 Å². The average molecular weight is 394 g/mol. The smallest absolute Gasteiger partial charge is 0.288 e. The number of benzene rings is 1. The van der Waals surface area contributed by atoms with Crippen LogP contribution in [0.2, 0.25) is 0 Å². The Bertz CT molecular complexity index is 533. The zero-order valence-electron chi connectivity index (χ0n) is 12.1. The third-order valence-electron chi connectivity index (χ3n) is 3.43. The van der Waals surface area contributed by atoms with E-state index in [0.29, 0.717) is 28.3 Å². The molecule has 0 radical (unpaired) electrons. The van der Waals surface area contributed by atoms with Crippen molar-refractivity contribution in [3.05, 3.63) is 24.3 Å². The van der Waals surface area contributed by atoms with Gasteiger partial charge in [0, 0.05) is 10.9 Å². The molecule has 3 unspecified atom stereocenters. The van der Waals surface area contributed by atoms with Crippen LogP contribution in [0.25, 0.3) is 0 Å². The van der Waals surface area contributed by atoms with Gasteiger partial charge >= 0.3 is 0 Å². The number of hydrazine groups is 1. The highest BCUT2D eigenvalue weighted by molar-refractivity contribution is 9.09. The molecule has 0 bridgehead atoms. The van der Waals surface area contributed by atoms with Gasteiger partial charge in [0.1, 0.15) is 6.04 Å². The van der Waals surface area contributed by atoms with Gasteiger partial charge in [0.2, 0.25) is 5.91 Å². The highest BCUT2D eigenvalue weighted by Crippen LogP contribution is 2.32. The number of hydrogen-bond donors (Lipinski definition) is 3. The van der Waals surface area contributed by atoms with Crippen molar-refractivity contribution in [2.75, 3.05) is 5.32 Å². The van der Waals surface area contributed by atoms with E-state index in [1.165, 1.54) is 0 Å². The number of alkyl halides is 3. The molecule has 1 aromatic carbocycles. The maximum Gasteiger partial charge on any atom is 0.288 e. The second-order valence-corrected chi connectivity index (χ2v) is 7.43. The van der Waals surface area contributed by atoms with Crippen molar-refractivity contribution >= 4 is 39.3 Å². The maximum atomic E-state index is 12.6. The molecule has 1 fully saturated rings. The summed E-state index contributed by atoms with van der Waals surface area (Å²) in [6, 6.07) is 6.19. The van der Waals surface area contributed by atoms with Gasteiger partial charge < -0.3 is 5.32 Å². The van der Waals surface area contributed by atoms with Gasteiger partial charge in [-0.25, -0.2) is 5.43 Å². The zero-order chi connectivity index (χ0) is 16.3. The Balaban J connectivity index is 2.07. The fraction of sp³-hybridized carbons (Fsp3) is 0.500. The van der Waals surface area contributed by atoms with Crippen LogP contribution in [-0.4, -0.2) is 28.6 Å². The van der Waals surface area contributed by atoms with E-state index in [4.69, 9.17) is 0 Å². The summed E-state index contributed by atoms with van der Waals surface area (Å²) in [6.07, 6.45) is 0. The van der Waals surface area contributed by atoms with Crippen LogP contribution >= 0.6 is 27.7 Å². The molecular formula is C14H18BrF2N3OS. The van der Waals surface area contributed by atoms with Crippen molar-refractivity contribution in [3.63, 3.8) is 0 Å². The van der Waals surface area contributed by atoms with E-state index in [2.05, 4.69) is 45.9 Å². The molecule has 1 saturated heterocycles. The van der Waals surface area contributed by atoms with Gasteiger partial charge in [0.25, 0.3) is 5.76 Å². The molecule has 122 valence electrons. The molecule has 2 rings (SSSR count). The van der Waals surface area contributed by atoms with E-state index in [9.17, 15) is 13.6 Å². The molecular weight excluding hydrogens is 376 g/mol. The number of nitrogens with one attached hydrogen (secondary N) is 3. The first kappa shape index (κ1) is 17.7. The second-order valence-electron chi connectivity index (χ2n) is 5.34. The summed E-state index contributed by atoms with van der Waals surface area (Å²) in [5, 5.41) is 2.72. The Morgan fingerprint density at radius 3 is 2.59 bits per heavy atom. The average Bonchev–Trinajstić information content (AvgIpc) is 2.82. The third kappa shape index (κ3) is 4.18. The molecule has 22 heavy (non-hydrogen) atoms. The van der Waals surface area contributed by atoms with Crippen LogP contribution in [0.15, 0.2) is 29.2 Å². The fourth-order valence-corrected chi connectivity index (χ4v) is 3.99. The first-order chi connectivity index (χ1) is 10.4. The predicted octanol–water partition coefficient (Wildman–Crippen LogP) is 3.20. The van der Waals surface area contributed by atoms with Gasteiger partial charge in [0.15, 0.2) is 0 Å². The maximum absolute atomic E-state index is 12.6.